The first-order valence-electron chi connectivity index (χ1n) is 5.56. The maximum absolute atomic E-state index is 11.6. The van der Waals surface area contributed by atoms with Gasteiger partial charge in [0.25, 0.3) is 0 Å². The highest BCUT2D eigenvalue weighted by molar-refractivity contribution is 6.30. The fraction of sp³-hybridized carbons (Fsp3) is 0.0714. The summed E-state index contributed by atoms with van der Waals surface area (Å²) in [6.45, 7) is 0. The van der Waals surface area contributed by atoms with Crippen molar-refractivity contribution in [2.75, 3.05) is 5.32 Å². The second-order valence-electron chi connectivity index (χ2n) is 4.03. The third-order valence-electron chi connectivity index (χ3n) is 2.81. The Morgan fingerprint density at radius 1 is 1.11 bits per heavy atom. The fourth-order valence-corrected chi connectivity index (χ4v) is 2.17. The Labute approximate surface area is 109 Å². The molecule has 0 aliphatic carbocycles. The third-order valence-corrected chi connectivity index (χ3v) is 3.05. The van der Waals surface area contributed by atoms with Crippen LogP contribution in [0.15, 0.2) is 48.5 Å². The Kier molecular flexibility index (Phi) is 2.68. The van der Waals surface area contributed by atoms with Crippen LogP contribution in [0.4, 0.5) is 5.69 Å². The topological polar surface area (TPSA) is 38.3 Å². The van der Waals surface area contributed by atoms with E-state index in [-0.39, 0.29) is 5.97 Å². The smallest absolute Gasteiger partial charge is 0.340 e. The molecule has 4 heteroatoms. The molecule has 1 unspecified atom stereocenters. The number of hydrogen-bond acceptors (Lipinski definition) is 3. The van der Waals surface area contributed by atoms with Gasteiger partial charge in [-0.25, -0.2) is 4.79 Å². The lowest BCUT2D eigenvalue weighted by Crippen LogP contribution is -2.10. The molecule has 0 spiro atoms. The molecule has 0 aromatic heterocycles. The molecule has 2 aromatic rings. The number of halogens is 1. The van der Waals surface area contributed by atoms with Crippen LogP contribution in [0, 0.1) is 0 Å². The van der Waals surface area contributed by atoms with Gasteiger partial charge in [0.1, 0.15) is 0 Å². The second-order valence-corrected chi connectivity index (χ2v) is 4.46. The van der Waals surface area contributed by atoms with Crippen molar-refractivity contribution in [3.05, 3.63) is 64.7 Å². The van der Waals surface area contributed by atoms with Crippen molar-refractivity contribution >= 4 is 23.3 Å². The number of benzene rings is 2. The van der Waals surface area contributed by atoms with Gasteiger partial charge in [0, 0.05) is 16.3 Å². The molecule has 3 rings (SSSR count). The normalized spacial score (nSPS) is 17.2. The predicted octanol–water partition coefficient (Wildman–Crippen LogP) is 3.62. The van der Waals surface area contributed by atoms with E-state index in [1.165, 1.54) is 0 Å². The molecule has 0 saturated carbocycles. The Morgan fingerprint density at radius 2 is 1.94 bits per heavy atom. The van der Waals surface area contributed by atoms with Crippen LogP contribution in [-0.2, 0) is 4.74 Å². The second kappa shape index (κ2) is 4.35. The van der Waals surface area contributed by atoms with E-state index < -0.39 is 6.23 Å². The summed E-state index contributed by atoms with van der Waals surface area (Å²) in [6.07, 6.45) is -0.452. The summed E-state index contributed by atoms with van der Waals surface area (Å²) >= 11 is 5.91. The van der Waals surface area contributed by atoms with Gasteiger partial charge in [0.15, 0.2) is 0 Å². The van der Waals surface area contributed by atoms with Crippen molar-refractivity contribution in [1.29, 1.82) is 0 Å². The number of cyclic esters (lactones) is 1. The number of fused-ring (bicyclic) bond motifs is 1. The first-order chi connectivity index (χ1) is 8.74. The molecule has 3 nitrogen and oxygen atoms in total. The van der Waals surface area contributed by atoms with Crippen molar-refractivity contribution in [2.24, 2.45) is 0 Å². The fourth-order valence-electron chi connectivity index (χ4n) is 1.98. The molecule has 0 bridgehead atoms. The van der Waals surface area contributed by atoms with Crippen molar-refractivity contribution in [2.45, 2.75) is 6.23 Å². The van der Waals surface area contributed by atoms with Gasteiger partial charge < -0.3 is 10.1 Å². The average molecular weight is 260 g/mol. The van der Waals surface area contributed by atoms with Crippen LogP contribution in [0.2, 0.25) is 5.02 Å². The minimum Gasteiger partial charge on any atom is -0.434 e. The Balaban J connectivity index is 1.90. The Bertz CT molecular complexity index is 612. The number of esters is 1. The number of rotatable bonds is 2. The van der Waals surface area contributed by atoms with Gasteiger partial charge in [-0.15, -0.1) is 0 Å². The lowest BCUT2D eigenvalue weighted by Gasteiger charge is -2.14. The van der Waals surface area contributed by atoms with Crippen LogP contribution in [-0.4, -0.2) is 5.97 Å². The standard InChI is InChI=1S/C14H10ClNO2/c15-9-4-3-5-10(8-9)16-13-11-6-1-2-7-12(11)14(17)18-13/h1-8,13,16H. The molecule has 1 aliphatic rings. The van der Waals surface area contributed by atoms with Gasteiger partial charge in [-0.2, -0.15) is 0 Å². The molecule has 18 heavy (non-hydrogen) atoms. The summed E-state index contributed by atoms with van der Waals surface area (Å²) in [5, 5.41) is 3.78. The zero-order chi connectivity index (χ0) is 12.5. The molecule has 0 fully saturated rings. The zero-order valence-corrected chi connectivity index (χ0v) is 10.1. The van der Waals surface area contributed by atoms with Crippen LogP contribution in [0.5, 0.6) is 0 Å². The summed E-state index contributed by atoms with van der Waals surface area (Å²) in [6, 6.07) is 14.6. The maximum Gasteiger partial charge on any atom is 0.340 e. The molecule has 1 atom stereocenters. The van der Waals surface area contributed by atoms with Gasteiger partial charge in [-0.05, 0) is 24.3 Å². The van der Waals surface area contributed by atoms with Gasteiger partial charge in [0.05, 0.1) is 5.56 Å². The van der Waals surface area contributed by atoms with E-state index in [9.17, 15) is 4.79 Å². The van der Waals surface area contributed by atoms with Gasteiger partial charge in [-0.1, -0.05) is 35.9 Å². The molecule has 1 N–H and O–H groups in total. The quantitative estimate of drug-likeness (QED) is 0.837. The van der Waals surface area contributed by atoms with E-state index in [1.807, 2.05) is 30.3 Å². The molecular weight excluding hydrogens is 250 g/mol. The van der Waals surface area contributed by atoms with Crippen molar-refractivity contribution in [1.82, 2.24) is 0 Å². The van der Waals surface area contributed by atoms with Crippen molar-refractivity contribution < 1.29 is 9.53 Å². The van der Waals surface area contributed by atoms with E-state index in [0.717, 1.165) is 11.3 Å². The van der Waals surface area contributed by atoms with Crippen LogP contribution < -0.4 is 5.32 Å². The molecule has 1 heterocycles. The summed E-state index contributed by atoms with van der Waals surface area (Å²) in [5.41, 5.74) is 2.27. The van der Waals surface area contributed by atoms with Crippen LogP contribution in [0.25, 0.3) is 0 Å². The number of nitrogens with one attached hydrogen (secondary N) is 1. The number of hydrogen-bond donors (Lipinski definition) is 1. The zero-order valence-electron chi connectivity index (χ0n) is 9.39. The monoisotopic (exact) mass is 259 g/mol. The Hall–Kier alpha value is -2.00. The highest BCUT2D eigenvalue weighted by Gasteiger charge is 2.30. The molecule has 0 amide bonds. The van der Waals surface area contributed by atoms with Gasteiger partial charge in [-0.3, -0.25) is 0 Å². The number of ether oxygens (including phenoxy) is 1. The first-order valence-corrected chi connectivity index (χ1v) is 5.94. The third kappa shape index (κ3) is 1.93. The SMILES string of the molecule is O=C1OC(Nc2cccc(Cl)c2)c2ccccc21. The highest BCUT2D eigenvalue weighted by Crippen LogP contribution is 2.31. The maximum atomic E-state index is 11.6. The number of carbonyl (C=O) groups excluding carboxylic acids is 1. The van der Waals surface area contributed by atoms with Crippen molar-refractivity contribution in [3.8, 4) is 0 Å². The minimum absolute atomic E-state index is 0.301. The highest BCUT2D eigenvalue weighted by atomic mass is 35.5. The molecule has 2 aromatic carbocycles. The van der Waals surface area contributed by atoms with Crippen molar-refractivity contribution in [3.63, 3.8) is 0 Å². The lowest BCUT2D eigenvalue weighted by atomic mass is 10.1. The number of anilines is 1. The number of carbonyl (C=O) groups is 1. The largest absolute Gasteiger partial charge is 0.434 e. The first kappa shape index (κ1) is 11.1. The molecule has 0 radical (unpaired) electrons. The summed E-state index contributed by atoms with van der Waals surface area (Å²) in [4.78, 5) is 11.6. The molecule has 0 saturated heterocycles. The van der Waals surface area contributed by atoms with Crippen LogP contribution in [0.1, 0.15) is 22.1 Å². The predicted molar refractivity (Wildman–Crippen MR) is 69.7 cm³/mol. The molecular formula is C14H10ClNO2. The van der Waals surface area contributed by atoms with E-state index in [4.69, 9.17) is 16.3 Å². The molecule has 90 valence electrons. The summed E-state index contributed by atoms with van der Waals surface area (Å²) in [7, 11) is 0. The molecule has 1 aliphatic heterocycles. The summed E-state index contributed by atoms with van der Waals surface area (Å²) < 4.78 is 5.28. The van der Waals surface area contributed by atoms with E-state index in [2.05, 4.69) is 5.32 Å². The minimum atomic E-state index is -0.452. The lowest BCUT2D eigenvalue weighted by molar-refractivity contribution is 0.0437. The summed E-state index contributed by atoms with van der Waals surface area (Å²) in [5.74, 6) is -0.301. The van der Waals surface area contributed by atoms with Gasteiger partial charge in [0.2, 0.25) is 6.23 Å². The van der Waals surface area contributed by atoms with Crippen LogP contribution in [0.3, 0.4) is 0 Å². The van der Waals surface area contributed by atoms with E-state index in [0.29, 0.717) is 10.6 Å². The van der Waals surface area contributed by atoms with Crippen LogP contribution >= 0.6 is 11.6 Å². The Morgan fingerprint density at radius 3 is 2.78 bits per heavy atom. The average Bonchev–Trinajstić information content (AvgIpc) is 2.67. The van der Waals surface area contributed by atoms with E-state index >= 15 is 0 Å². The van der Waals surface area contributed by atoms with Gasteiger partial charge >= 0.3 is 5.97 Å². The van der Waals surface area contributed by atoms with E-state index in [1.54, 1.807) is 18.2 Å².